The van der Waals surface area contributed by atoms with Gasteiger partial charge in [-0.3, -0.25) is 19.3 Å². The van der Waals surface area contributed by atoms with Crippen LogP contribution in [-0.2, 0) is 9.59 Å². The highest BCUT2D eigenvalue weighted by Gasteiger charge is 2.37. The second-order valence-corrected chi connectivity index (χ2v) is 9.13. The fourth-order valence-corrected chi connectivity index (χ4v) is 4.43. The number of piperidine rings is 1. The predicted octanol–water partition coefficient (Wildman–Crippen LogP) is 4.36. The molecule has 2 fully saturated rings. The van der Waals surface area contributed by atoms with E-state index in [4.69, 9.17) is 16.3 Å². The molecule has 4 rings (SSSR count). The number of halogens is 2. The largest absolute Gasteiger partial charge is 0.436 e. The summed E-state index contributed by atoms with van der Waals surface area (Å²) in [6, 6.07) is 6.48. The van der Waals surface area contributed by atoms with E-state index in [-0.39, 0.29) is 34.3 Å². The van der Waals surface area contributed by atoms with E-state index in [1.807, 2.05) is 0 Å². The Hall–Kier alpha value is -2.98. The Morgan fingerprint density at radius 3 is 2.85 bits per heavy atom. The number of imide groups is 1. The molecule has 0 unspecified atom stereocenters. The van der Waals surface area contributed by atoms with Gasteiger partial charge in [-0.05, 0) is 65.9 Å². The van der Waals surface area contributed by atoms with Crippen LogP contribution in [0.5, 0.6) is 11.6 Å². The summed E-state index contributed by atoms with van der Waals surface area (Å²) < 4.78 is 19.3. The zero-order chi connectivity index (χ0) is 23.5. The molecule has 0 bridgehead atoms. The number of carbonyl (C=O) groups is 3. The van der Waals surface area contributed by atoms with Crippen molar-refractivity contribution >= 4 is 46.5 Å². The van der Waals surface area contributed by atoms with E-state index in [2.05, 4.69) is 16.9 Å². The van der Waals surface area contributed by atoms with Crippen molar-refractivity contribution in [2.24, 2.45) is 5.92 Å². The molecular weight excluding hydrogens is 471 g/mol. The fraction of sp³-hybridized carbons (Fsp3) is 0.318. The maximum absolute atomic E-state index is 13.8. The number of ether oxygens (including phenoxy) is 1. The Morgan fingerprint density at radius 1 is 1.33 bits per heavy atom. The molecule has 0 atom stereocenters. The first kappa shape index (κ1) is 23.2. The second kappa shape index (κ2) is 9.88. The maximum Gasteiger partial charge on any atom is 0.294 e. The van der Waals surface area contributed by atoms with E-state index in [1.54, 1.807) is 29.2 Å². The summed E-state index contributed by atoms with van der Waals surface area (Å²) >= 11 is 6.45. The van der Waals surface area contributed by atoms with E-state index in [0.717, 1.165) is 35.7 Å². The Bertz CT molecular complexity index is 1140. The lowest BCUT2D eigenvalue weighted by Gasteiger charge is -2.31. The number of benzene rings is 1. The van der Waals surface area contributed by atoms with Crippen molar-refractivity contribution in [1.82, 2.24) is 19.8 Å². The van der Waals surface area contributed by atoms with Gasteiger partial charge in [0.1, 0.15) is 12.3 Å². The average molecular weight is 491 g/mol. The number of likely N-dealkylation sites (tertiary alicyclic amines) is 1. The molecule has 0 radical (unpaired) electrons. The van der Waals surface area contributed by atoms with Crippen molar-refractivity contribution in [3.8, 4) is 11.6 Å². The lowest BCUT2D eigenvalue weighted by Crippen LogP contribution is -2.45. The fourth-order valence-electron chi connectivity index (χ4n) is 3.46. The summed E-state index contributed by atoms with van der Waals surface area (Å²) in [6.07, 6.45) is 4.25. The lowest BCUT2D eigenvalue weighted by molar-refractivity contribution is -0.136. The van der Waals surface area contributed by atoms with Crippen LogP contribution >= 0.6 is 23.4 Å². The van der Waals surface area contributed by atoms with Gasteiger partial charge in [0.2, 0.25) is 17.0 Å². The van der Waals surface area contributed by atoms with E-state index >= 15 is 0 Å². The van der Waals surface area contributed by atoms with Gasteiger partial charge in [-0.15, -0.1) is 0 Å². The standard InChI is InChI=1S/C22H20ClFN4O4S/c1-13-5-7-27(8-6-13)18(29)12-28-20(30)17(33-22(28)31)10-14-3-2-4-15(9-14)32-19-16(24)11-25-21(23)26-19/h2-4,9-11,13H,5-8,12H2,1H3/b17-10+. The Morgan fingerprint density at radius 2 is 2.09 bits per heavy atom. The van der Waals surface area contributed by atoms with Crippen LogP contribution in [0.1, 0.15) is 25.3 Å². The quantitative estimate of drug-likeness (QED) is 0.454. The molecule has 1 aromatic heterocycles. The van der Waals surface area contributed by atoms with Gasteiger partial charge in [0.25, 0.3) is 17.0 Å². The smallest absolute Gasteiger partial charge is 0.294 e. The third kappa shape index (κ3) is 5.51. The summed E-state index contributed by atoms with van der Waals surface area (Å²) in [5.74, 6) is -1.05. The van der Waals surface area contributed by atoms with Crippen molar-refractivity contribution in [3.05, 3.63) is 52.0 Å². The number of nitrogens with zero attached hydrogens (tertiary/aromatic N) is 4. The molecule has 2 aromatic rings. The second-order valence-electron chi connectivity index (χ2n) is 7.80. The molecule has 2 saturated heterocycles. The monoisotopic (exact) mass is 490 g/mol. The number of rotatable bonds is 5. The van der Waals surface area contributed by atoms with Gasteiger partial charge in [0, 0.05) is 13.1 Å². The maximum atomic E-state index is 13.8. The Kier molecular flexibility index (Phi) is 6.94. The molecule has 3 heterocycles. The van der Waals surface area contributed by atoms with Gasteiger partial charge in [-0.1, -0.05) is 19.1 Å². The first-order valence-corrected chi connectivity index (χ1v) is 11.5. The average Bonchev–Trinajstić information content (AvgIpc) is 3.04. The van der Waals surface area contributed by atoms with E-state index in [9.17, 15) is 18.8 Å². The highest BCUT2D eigenvalue weighted by Crippen LogP contribution is 2.33. The highest BCUT2D eigenvalue weighted by atomic mass is 35.5. The van der Waals surface area contributed by atoms with Crippen LogP contribution in [0, 0.1) is 11.7 Å². The number of amides is 3. The number of hydrogen-bond acceptors (Lipinski definition) is 7. The molecule has 11 heteroatoms. The van der Waals surface area contributed by atoms with Gasteiger partial charge in [-0.2, -0.15) is 9.37 Å². The number of hydrogen-bond donors (Lipinski definition) is 0. The van der Waals surface area contributed by atoms with Crippen molar-refractivity contribution in [2.75, 3.05) is 19.6 Å². The Balaban J connectivity index is 1.45. The van der Waals surface area contributed by atoms with E-state index in [0.29, 0.717) is 24.6 Å². The van der Waals surface area contributed by atoms with Gasteiger partial charge in [-0.25, -0.2) is 4.98 Å². The van der Waals surface area contributed by atoms with Crippen LogP contribution < -0.4 is 4.74 Å². The van der Waals surface area contributed by atoms with Crippen LogP contribution in [0.15, 0.2) is 35.4 Å². The molecule has 2 aliphatic rings. The molecule has 3 amide bonds. The molecular formula is C22H20ClFN4O4S. The normalized spacial score (nSPS) is 18.3. The molecule has 172 valence electrons. The van der Waals surface area contributed by atoms with Crippen LogP contribution in [-0.4, -0.2) is 56.5 Å². The van der Waals surface area contributed by atoms with Gasteiger partial charge >= 0.3 is 0 Å². The third-order valence-electron chi connectivity index (χ3n) is 5.36. The first-order valence-electron chi connectivity index (χ1n) is 10.3. The molecule has 1 aromatic carbocycles. The van der Waals surface area contributed by atoms with E-state index < -0.39 is 17.0 Å². The Labute approximate surface area is 198 Å². The number of aromatic nitrogens is 2. The van der Waals surface area contributed by atoms with Gasteiger partial charge in [0.15, 0.2) is 0 Å². The van der Waals surface area contributed by atoms with Crippen molar-refractivity contribution < 1.29 is 23.5 Å². The van der Waals surface area contributed by atoms with Gasteiger partial charge in [0.05, 0.1) is 11.1 Å². The summed E-state index contributed by atoms with van der Waals surface area (Å²) in [4.78, 5) is 47.8. The lowest BCUT2D eigenvalue weighted by atomic mass is 9.99. The molecule has 0 aliphatic carbocycles. The highest BCUT2D eigenvalue weighted by molar-refractivity contribution is 8.18. The topological polar surface area (TPSA) is 92.7 Å². The van der Waals surface area contributed by atoms with Crippen LogP contribution in [0.25, 0.3) is 6.08 Å². The molecule has 0 spiro atoms. The summed E-state index contributed by atoms with van der Waals surface area (Å²) in [5.41, 5.74) is 0.551. The molecule has 8 nitrogen and oxygen atoms in total. The van der Waals surface area contributed by atoms with Crippen molar-refractivity contribution in [1.29, 1.82) is 0 Å². The van der Waals surface area contributed by atoms with Crippen LogP contribution in [0.4, 0.5) is 9.18 Å². The zero-order valence-corrected chi connectivity index (χ0v) is 19.2. The summed E-state index contributed by atoms with van der Waals surface area (Å²) in [6.45, 7) is 3.14. The number of thioether (sulfide) groups is 1. The van der Waals surface area contributed by atoms with Crippen molar-refractivity contribution in [3.63, 3.8) is 0 Å². The minimum Gasteiger partial charge on any atom is -0.436 e. The molecule has 2 aliphatic heterocycles. The van der Waals surface area contributed by atoms with E-state index in [1.165, 1.54) is 6.08 Å². The molecule has 0 N–H and O–H groups in total. The van der Waals surface area contributed by atoms with Crippen LogP contribution in [0.2, 0.25) is 5.28 Å². The third-order valence-corrected chi connectivity index (χ3v) is 6.45. The minimum absolute atomic E-state index is 0.162. The number of carbonyl (C=O) groups excluding carboxylic acids is 3. The van der Waals surface area contributed by atoms with Gasteiger partial charge < -0.3 is 9.64 Å². The first-order chi connectivity index (χ1) is 15.8. The SMILES string of the molecule is CC1CCN(C(=O)CN2C(=O)S/C(=C/c3cccc(Oc4nc(Cl)ncc4F)c3)C2=O)CC1. The molecule has 0 saturated carbocycles. The van der Waals surface area contributed by atoms with Crippen molar-refractivity contribution in [2.45, 2.75) is 19.8 Å². The molecule has 33 heavy (non-hydrogen) atoms. The zero-order valence-electron chi connectivity index (χ0n) is 17.7. The predicted molar refractivity (Wildman–Crippen MR) is 121 cm³/mol. The summed E-state index contributed by atoms with van der Waals surface area (Å²) in [7, 11) is 0. The van der Waals surface area contributed by atoms with Crippen LogP contribution in [0.3, 0.4) is 0 Å². The minimum atomic E-state index is -0.779. The summed E-state index contributed by atoms with van der Waals surface area (Å²) in [5, 5.41) is -0.653.